The van der Waals surface area contributed by atoms with Crippen LogP contribution in [-0.4, -0.2) is 32.6 Å². The van der Waals surface area contributed by atoms with Gasteiger partial charge in [-0.2, -0.15) is 0 Å². The van der Waals surface area contributed by atoms with E-state index < -0.39 is 19.7 Å². The minimum absolute atomic E-state index is 0.0800. The van der Waals surface area contributed by atoms with Gasteiger partial charge in [-0.3, -0.25) is 9.13 Å². The van der Waals surface area contributed by atoms with Crippen molar-refractivity contribution in [2.75, 3.05) is 6.61 Å². The Kier molecular flexibility index (Phi) is 9.41. The van der Waals surface area contributed by atoms with Crippen molar-refractivity contribution in [1.29, 1.82) is 0 Å². The summed E-state index contributed by atoms with van der Waals surface area (Å²) < 4.78 is 74.1. The molecule has 7 aromatic rings. The highest BCUT2D eigenvalue weighted by molar-refractivity contribution is 7.91. The van der Waals surface area contributed by atoms with Crippen molar-refractivity contribution >= 4 is 30.7 Å². The van der Waals surface area contributed by atoms with Crippen LogP contribution < -0.4 is 19.9 Å². The van der Waals surface area contributed by atoms with Crippen molar-refractivity contribution in [3.8, 4) is 34.4 Å². The summed E-state index contributed by atoms with van der Waals surface area (Å²) in [4.78, 5) is 13.5. The van der Waals surface area contributed by atoms with Gasteiger partial charge in [-0.1, -0.05) is 29.8 Å². The molecule has 0 fully saturated rings. The van der Waals surface area contributed by atoms with Gasteiger partial charge in [-0.05, 0) is 123 Å². The third-order valence-corrected chi connectivity index (χ3v) is 12.2. The number of imidazole rings is 1. The molecule has 1 aromatic heterocycles. The number of sulfone groups is 2. The number of fused-ring (bicyclic) bond motifs is 1. The van der Waals surface area contributed by atoms with E-state index in [1.807, 2.05) is 38.1 Å². The number of rotatable bonds is 11. The van der Waals surface area contributed by atoms with Crippen molar-refractivity contribution in [2.24, 2.45) is 7.05 Å². The van der Waals surface area contributed by atoms with Crippen LogP contribution in [0.2, 0.25) is 0 Å². The molecular formula is C41H34N2O8S2. The van der Waals surface area contributed by atoms with Gasteiger partial charge in [0.05, 0.1) is 42.9 Å². The predicted octanol–water partition coefficient (Wildman–Crippen LogP) is 8.29. The van der Waals surface area contributed by atoms with Crippen molar-refractivity contribution < 1.29 is 31.0 Å². The Morgan fingerprint density at radius 3 is 1.57 bits per heavy atom. The monoisotopic (exact) mass is 746 g/mol. The maximum absolute atomic E-state index is 13.5. The average molecular weight is 747 g/mol. The molecule has 6 aromatic carbocycles. The summed E-state index contributed by atoms with van der Waals surface area (Å²) in [5.41, 5.74) is 2.79. The first kappa shape index (κ1) is 35.3. The Morgan fingerprint density at radius 1 is 0.547 bits per heavy atom. The van der Waals surface area contributed by atoms with Crippen molar-refractivity contribution in [3.63, 3.8) is 0 Å². The summed E-state index contributed by atoms with van der Waals surface area (Å²) in [7, 11) is -5.85. The normalized spacial score (nSPS) is 11.8. The first-order valence-corrected chi connectivity index (χ1v) is 19.6. The molecule has 1 heterocycles. The molecular weight excluding hydrogens is 713 g/mol. The Bertz CT molecular complexity index is 2720. The van der Waals surface area contributed by atoms with Gasteiger partial charge in [0.2, 0.25) is 19.7 Å². The van der Waals surface area contributed by atoms with Crippen LogP contribution >= 0.6 is 0 Å². The van der Waals surface area contributed by atoms with E-state index in [0.29, 0.717) is 41.0 Å². The maximum Gasteiger partial charge on any atom is 0.333 e. The Balaban J connectivity index is 1.05. The van der Waals surface area contributed by atoms with E-state index in [-0.39, 0.29) is 25.3 Å². The first-order chi connectivity index (χ1) is 25.4. The number of aryl methyl sites for hydroxylation is 2. The van der Waals surface area contributed by atoms with Crippen LogP contribution in [-0.2, 0) is 26.7 Å². The average Bonchev–Trinajstić information content (AvgIpc) is 3.42. The third kappa shape index (κ3) is 6.94. The zero-order chi connectivity index (χ0) is 37.3. The summed E-state index contributed by atoms with van der Waals surface area (Å²) in [6.07, 6.45) is 0. The molecule has 0 unspecified atom stereocenters. The minimum Gasteiger partial charge on any atom is -0.490 e. The molecule has 7 rings (SSSR count). The van der Waals surface area contributed by atoms with Crippen LogP contribution in [0.1, 0.15) is 12.5 Å². The van der Waals surface area contributed by atoms with Crippen LogP contribution in [0.3, 0.4) is 0 Å². The van der Waals surface area contributed by atoms with E-state index >= 15 is 0 Å². The van der Waals surface area contributed by atoms with Crippen LogP contribution in [0, 0.1) is 6.92 Å². The van der Waals surface area contributed by atoms with Gasteiger partial charge in [0, 0.05) is 13.1 Å². The van der Waals surface area contributed by atoms with Gasteiger partial charge < -0.3 is 14.2 Å². The van der Waals surface area contributed by atoms with Gasteiger partial charge in [0.25, 0.3) is 0 Å². The lowest BCUT2D eigenvalue weighted by atomic mass is 10.2. The molecule has 0 bridgehead atoms. The molecule has 0 spiro atoms. The summed E-state index contributed by atoms with van der Waals surface area (Å²) in [6, 6.07) is 37.5. The van der Waals surface area contributed by atoms with Crippen molar-refractivity contribution in [1.82, 2.24) is 9.13 Å². The lowest BCUT2D eigenvalue weighted by Crippen LogP contribution is -2.20. The quantitative estimate of drug-likeness (QED) is 0.130. The van der Waals surface area contributed by atoms with E-state index in [1.165, 1.54) is 36.4 Å². The minimum atomic E-state index is -3.87. The molecule has 268 valence electrons. The number of benzene rings is 6. The molecule has 0 aliphatic heterocycles. The predicted molar refractivity (Wildman–Crippen MR) is 201 cm³/mol. The fraction of sp³-hybridized carbons (Fsp3) is 0.0976. The van der Waals surface area contributed by atoms with Crippen LogP contribution in [0.4, 0.5) is 0 Å². The molecule has 0 aliphatic rings. The highest BCUT2D eigenvalue weighted by Crippen LogP contribution is 2.37. The van der Waals surface area contributed by atoms with E-state index in [2.05, 4.69) is 0 Å². The van der Waals surface area contributed by atoms with Crippen LogP contribution in [0.25, 0.3) is 16.7 Å². The molecule has 53 heavy (non-hydrogen) atoms. The van der Waals surface area contributed by atoms with Crippen LogP contribution in [0.5, 0.6) is 28.7 Å². The van der Waals surface area contributed by atoms with E-state index in [4.69, 9.17) is 14.2 Å². The number of para-hydroxylation sites is 2. The van der Waals surface area contributed by atoms with Crippen LogP contribution in [0.15, 0.2) is 164 Å². The molecule has 0 saturated carbocycles. The smallest absolute Gasteiger partial charge is 0.333 e. The Labute approximate surface area is 306 Å². The number of nitrogens with zero attached hydrogens (tertiary/aromatic N) is 2. The SMILES string of the molecule is CCOc1cc(Oc2ccc(S(=O)(=O)c3ccc(-n4c(=O)n(C)c5ccccc54)cc3)cc2)ccc1Oc1ccc(S(=O)(=O)c2ccc(C)cc2)cc1. The molecule has 0 atom stereocenters. The highest BCUT2D eigenvalue weighted by atomic mass is 32.2. The lowest BCUT2D eigenvalue weighted by Gasteiger charge is -2.14. The van der Waals surface area contributed by atoms with Crippen molar-refractivity contribution in [3.05, 3.63) is 156 Å². The largest absolute Gasteiger partial charge is 0.490 e. The first-order valence-electron chi connectivity index (χ1n) is 16.6. The lowest BCUT2D eigenvalue weighted by molar-refractivity contribution is 0.319. The van der Waals surface area contributed by atoms with Gasteiger partial charge in [0.15, 0.2) is 11.5 Å². The third-order valence-electron chi connectivity index (χ3n) is 8.65. The fourth-order valence-corrected chi connectivity index (χ4v) is 8.37. The summed E-state index contributed by atoms with van der Waals surface area (Å²) >= 11 is 0. The molecule has 0 aliphatic carbocycles. The van der Waals surface area contributed by atoms with Gasteiger partial charge >= 0.3 is 5.69 Å². The molecule has 0 radical (unpaired) electrons. The second-order valence-corrected chi connectivity index (χ2v) is 16.1. The fourth-order valence-electron chi connectivity index (χ4n) is 5.85. The molecule has 12 heteroatoms. The van der Waals surface area contributed by atoms with E-state index in [9.17, 15) is 21.6 Å². The summed E-state index contributed by atoms with van der Waals surface area (Å²) in [5, 5.41) is 0. The molecule has 10 nitrogen and oxygen atoms in total. The maximum atomic E-state index is 13.5. The van der Waals surface area contributed by atoms with E-state index in [1.54, 1.807) is 95.0 Å². The molecule has 0 N–H and O–H groups in total. The zero-order valence-corrected chi connectivity index (χ0v) is 30.6. The number of hydrogen-bond donors (Lipinski definition) is 0. The Morgan fingerprint density at radius 2 is 1.02 bits per heavy atom. The standard InChI is InChI=1S/C41H34N2O8S2/c1-4-49-40-27-32(17-26-39(40)51-31-15-24-36(25-16-31)52(45,46)33-18-9-28(2)10-19-33)50-30-13-22-35(23-14-30)53(47,48)34-20-11-29(12-21-34)43-38-8-6-5-7-37(38)42(3)41(43)44/h5-27H,4H2,1-3H3. The Hall–Kier alpha value is -6.11. The van der Waals surface area contributed by atoms with E-state index in [0.717, 1.165) is 16.6 Å². The van der Waals surface area contributed by atoms with Crippen molar-refractivity contribution in [2.45, 2.75) is 33.4 Å². The second kappa shape index (κ2) is 14.1. The van der Waals surface area contributed by atoms with Gasteiger partial charge in [-0.15, -0.1) is 0 Å². The second-order valence-electron chi connectivity index (χ2n) is 12.2. The van der Waals surface area contributed by atoms with Gasteiger partial charge in [-0.25, -0.2) is 21.6 Å². The summed E-state index contributed by atoms with van der Waals surface area (Å²) in [5.74, 6) is 2.03. The highest BCUT2D eigenvalue weighted by Gasteiger charge is 2.20. The van der Waals surface area contributed by atoms with Gasteiger partial charge in [0.1, 0.15) is 17.2 Å². The molecule has 0 saturated heterocycles. The topological polar surface area (TPSA) is 123 Å². The number of aromatic nitrogens is 2. The zero-order valence-electron chi connectivity index (χ0n) is 29.0. The molecule has 0 amide bonds. The number of ether oxygens (including phenoxy) is 3. The number of hydrogen-bond acceptors (Lipinski definition) is 8. The summed E-state index contributed by atoms with van der Waals surface area (Å²) in [6.45, 7) is 4.07.